The van der Waals surface area contributed by atoms with Crippen LogP contribution in [0.5, 0.6) is 0 Å². The van der Waals surface area contributed by atoms with E-state index in [0.717, 1.165) is 32.0 Å². The largest absolute Gasteiger partial charge is 0.378 e. The second-order valence-corrected chi connectivity index (χ2v) is 6.43. The number of nitrogens with zero attached hydrogens (tertiary/aromatic N) is 1. The van der Waals surface area contributed by atoms with Gasteiger partial charge in [-0.1, -0.05) is 29.8 Å². The van der Waals surface area contributed by atoms with E-state index in [2.05, 4.69) is 39.8 Å². The van der Waals surface area contributed by atoms with Crippen LogP contribution in [0.25, 0.3) is 0 Å². The van der Waals surface area contributed by atoms with Gasteiger partial charge in [0.25, 0.3) is 0 Å². The molecule has 0 bridgehead atoms. The third-order valence-corrected chi connectivity index (χ3v) is 4.33. The summed E-state index contributed by atoms with van der Waals surface area (Å²) >= 11 is 11.3. The van der Waals surface area contributed by atoms with Crippen molar-refractivity contribution in [3.63, 3.8) is 0 Å². The number of morpholine rings is 1. The van der Waals surface area contributed by atoms with Gasteiger partial charge in [0, 0.05) is 36.0 Å². The highest BCUT2D eigenvalue weighted by Crippen LogP contribution is 2.17. The van der Waals surface area contributed by atoms with E-state index in [0.29, 0.717) is 16.7 Å². The lowest BCUT2D eigenvalue weighted by Gasteiger charge is -2.28. The normalized spacial score (nSPS) is 14.3. The van der Waals surface area contributed by atoms with Crippen LogP contribution >= 0.6 is 23.8 Å². The van der Waals surface area contributed by atoms with Crippen LogP contribution in [-0.4, -0.2) is 31.4 Å². The lowest BCUT2D eigenvalue weighted by Crippen LogP contribution is -2.36. The summed E-state index contributed by atoms with van der Waals surface area (Å²) < 4.78 is 5.38. The molecule has 0 radical (unpaired) electrons. The first kappa shape index (κ1) is 17.0. The Hall–Kier alpha value is -1.82. The van der Waals surface area contributed by atoms with Crippen molar-refractivity contribution in [1.29, 1.82) is 0 Å². The summed E-state index contributed by atoms with van der Waals surface area (Å²) in [6.07, 6.45) is 0. The maximum absolute atomic E-state index is 5.96. The topological polar surface area (TPSA) is 36.5 Å². The zero-order valence-corrected chi connectivity index (χ0v) is 14.9. The predicted octanol–water partition coefficient (Wildman–Crippen LogP) is 3.66. The van der Waals surface area contributed by atoms with Crippen molar-refractivity contribution in [2.75, 3.05) is 36.5 Å². The number of ether oxygens (including phenoxy) is 1. The first-order chi connectivity index (χ1) is 11.7. The average molecular weight is 362 g/mol. The molecule has 1 aliphatic heterocycles. The number of rotatable bonds is 4. The van der Waals surface area contributed by atoms with Crippen LogP contribution in [0.3, 0.4) is 0 Å². The second kappa shape index (κ2) is 8.33. The van der Waals surface area contributed by atoms with Crippen molar-refractivity contribution in [3.05, 3.63) is 59.1 Å². The molecule has 2 aromatic rings. The summed E-state index contributed by atoms with van der Waals surface area (Å²) in [4.78, 5) is 2.34. The van der Waals surface area contributed by atoms with E-state index in [1.54, 1.807) is 0 Å². The summed E-state index contributed by atoms with van der Waals surface area (Å²) in [5, 5.41) is 7.60. The molecule has 126 valence electrons. The van der Waals surface area contributed by atoms with Crippen molar-refractivity contribution < 1.29 is 4.74 Å². The molecule has 1 heterocycles. The van der Waals surface area contributed by atoms with Crippen LogP contribution in [0.4, 0.5) is 11.4 Å². The molecule has 0 unspecified atom stereocenters. The first-order valence-corrected chi connectivity index (χ1v) is 8.71. The summed E-state index contributed by atoms with van der Waals surface area (Å²) in [5.41, 5.74) is 3.30. The van der Waals surface area contributed by atoms with Crippen LogP contribution in [0.1, 0.15) is 5.56 Å². The van der Waals surface area contributed by atoms with Gasteiger partial charge >= 0.3 is 0 Å². The molecular formula is C18H20ClN3OS. The fourth-order valence-electron chi connectivity index (χ4n) is 2.57. The van der Waals surface area contributed by atoms with Gasteiger partial charge in [0.15, 0.2) is 5.11 Å². The van der Waals surface area contributed by atoms with Crippen molar-refractivity contribution in [2.45, 2.75) is 6.54 Å². The fourth-order valence-corrected chi connectivity index (χ4v) is 2.95. The van der Waals surface area contributed by atoms with E-state index in [-0.39, 0.29) is 0 Å². The Morgan fingerprint density at radius 2 is 1.88 bits per heavy atom. The molecule has 1 fully saturated rings. The molecule has 1 aliphatic rings. The van der Waals surface area contributed by atoms with Gasteiger partial charge in [0.2, 0.25) is 0 Å². The quantitative estimate of drug-likeness (QED) is 0.813. The average Bonchev–Trinajstić information content (AvgIpc) is 2.61. The van der Waals surface area contributed by atoms with E-state index in [1.165, 1.54) is 11.3 Å². The number of anilines is 2. The Balaban J connectivity index is 1.50. The van der Waals surface area contributed by atoms with Crippen molar-refractivity contribution in [2.24, 2.45) is 0 Å². The Labute approximate surface area is 152 Å². The standard InChI is InChI=1S/C18H20ClN3OS/c19-15-2-1-3-16(12-15)21-18(24)20-13-14-4-6-17(7-5-14)22-8-10-23-11-9-22/h1-7,12H,8-11,13H2,(H2,20,21,24). The Morgan fingerprint density at radius 3 is 2.58 bits per heavy atom. The van der Waals surface area contributed by atoms with Gasteiger partial charge in [0.1, 0.15) is 0 Å². The Morgan fingerprint density at radius 1 is 1.12 bits per heavy atom. The van der Waals surface area contributed by atoms with Crippen LogP contribution in [0, 0.1) is 0 Å². The fraction of sp³-hybridized carbons (Fsp3) is 0.278. The van der Waals surface area contributed by atoms with Crippen LogP contribution in [0.15, 0.2) is 48.5 Å². The van der Waals surface area contributed by atoms with Crippen molar-refractivity contribution >= 4 is 40.3 Å². The van der Waals surface area contributed by atoms with E-state index < -0.39 is 0 Å². The zero-order chi connectivity index (χ0) is 16.8. The van der Waals surface area contributed by atoms with Gasteiger partial charge in [-0.3, -0.25) is 0 Å². The number of hydrogen-bond donors (Lipinski definition) is 2. The minimum atomic E-state index is 0.578. The Bertz CT molecular complexity index is 687. The first-order valence-electron chi connectivity index (χ1n) is 7.93. The SMILES string of the molecule is S=C(NCc1ccc(N2CCOCC2)cc1)Nc1cccc(Cl)c1. The predicted molar refractivity (Wildman–Crippen MR) is 104 cm³/mol. The second-order valence-electron chi connectivity index (χ2n) is 5.58. The molecule has 3 rings (SSSR count). The summed E-state index contributed by atoms with van der Waals surface area (Å²) in [7, 11) is 0. The number of halogens is 1. The monoisotopic (exact) mass is 361 g/mol. The van der Waals surface area contributed by atoms with E-state index >= 15 is 0 Å². The summed E-state index contributed by atoms with van der Waals surface area (Å²) in [6.45, 7) is 4.17. The minimum absolute atomic E-state index is 0.578. The maximum Gasteiger partial charge on any atom is 0.171 e. The van der Waals surface area contributed by atoms with Crippen molar-refractivity contribution in [3.8, 4) is 0 Å². The third kappa shape index (κ3) is 4.84. The molecule has 0 aliphatic carbocycles. The number of benzene rings is 2. The highest BCUT2D eigenvalue weighted by molar-refractivity contribution is 7.80. The molecule has 0 saturated carbocycles. The molecule has 4 nitrogen and oxygen atoms in total. The number of hydrogen-bond acceptors (Lipinski definition) is 3. The minimum Gasteiger partial charge on any atom is -0.378 e. The molecule has 0 amide bonds. The molecular weight excluding hydrogens is 342 g/mol. The summed E-state index contributed by atoms with van der Waals surface area (Å²) in [5.74, 6) is 0. The van der Waals surface area contributed by atoms with Crippen LogP contribution < -0.4 is 15.5 Å². The van der Waals surface area contributed by atoms with E-state index in [9.17, 15) is 0 Å². The summed E-state index contributed by atoms with van der Waals surface area (Å²) in [6, 6.07) is 16.0. The lowest BCUT2D eigenvalue weighted by atomic mass is 10.2. The van der Waals surface area contributed by atoms with E-state index in [1.807, 2.05) is 24.3 Å². The number of thiocarbonyl (C=S) groups is 1. The van der Waals surface area contributed by atoms with Crippen LogP contribution in [0.2, 0.25) is 5.02 Å². The highest BCUT2D eigenvalue weighted by Gasteiger charge is 2.10. The molecule has 0 spiro atoms. The maximum atomic E-state index is 5.96. The molecule has 0 atom stereocenters. The van der Waals surface area contributed by atoms with Crippen LogP contribution in [-0.2, 0) is 11.3 Å². The smallest absolute Gasteiger partial charge is 0.171 e. The molecule has 1 saturated heterocycles. The third-order valence-electron chi connectivity index (χ3n) is 3.85. The van der Waals surface area contributed by atoms with Crippen molar-refractivity contribution in [1.82, 2.24) is 5.32 Å². The molecule has 2 N–H and O–H groups in total. The molecule has 24 heavy (non-hydrogen) atoms. The highest BCUT2D eigenvalue weighted by atomic mass is 35.5. The zero-order valence-electron chi connectivity index (χ0n) is 13.3. The van der Waals surface area contributed by atoms with Gasteiger partial charge in [-0.2, -0.15) is 0 Å². The van der Waals surface area contributed by atoms with Gasteiger partial charge in [0.05, 0.1) is 13.2 Å². The molecule has 2 aromatic carbocycles. The van der Waals surface area contributed by atoms with Gasteiger partial charge in [-0.05, 0) is 48.1 Å². The van der Waals surface area contributed by atoms with Gasteiger partial charge in [-0.25, -0.2) is 0 Å². The lowest BCUT2D eigenvalue weighted by molar-refractivity contribution is 0.122. The van der Waals surface area contributed by atoms with E-state index in [4.69, 9.17) is 28.6 Å². The molecule has 6 heteroatoms. The Kier molecular flexibility index (Phi) is 5.91. The number of nitrogens with one attached hydrogen (secondary N) is 2. The van der Waals surface area contributed by atoms with Gasteiger partial charge < -0.3 is 20.3 Å². The van der Waals surface area contributed by atoms with Gasteiger partial charge in [-0.15, -0.1) is 0 Å². The molecule has 0 aromatic heterocycles.